The van der Waals surface area contributed by atoms with Crippen molar-refractivity contribution in [3.8, 4) is 0 Å². The Morgan fingerprint density at radius 1 is 1.31 bits per heavy atom. The molecular weight excluding hydrogens is 208 g/mol. The van der Waals surface area contributed by atoms with Crippen molar-refractivity contribution in [3.05, 3.63) is 0 Å². The summed E-state index contributed by atoms with van der Waals surface area (Å²) in [6.45, 7) is 4.06. The van der Waals surface area contributed by atoms with E-state index >= 15 is 0 Å². The smallest absolute Gasteiger partial charge is 0.231 e. The summed E-state index contributed by atoms with van der Waals surface area (Å²) in [4.78, 5) is 23.7. The van der Waals surface area contributed by atoms with Gasteiger partial charge in [0, 0.05) is 6.04 Å². The van der Waals surface area contributed by atoms with Crippen LogP contribution in [0.4, 0.5) is 0 Å². The number of amides is 2. The number of hydrogen-bond acceptors (Lipinski definition) is 4. The summed E-state index contributed by atoms with van der Waals surface area (Å²) in [6.07, 6.45) is 0.904. The number of nitrogens with two attached hydrogens (primary N) is 2. The van der Waals surface area contributed by atoms with Crippen LogP contribution < -0.4 is 16.8 Å². The highest BCUT2D eigenvalue weighted by molar-refractivity contribution is 5.79. The Hall–Kier alpha value is -1.14. The van der Waals surface area contributed by atoms with Crippen LogP contribution >= 0.6 is 0 Å². The van der Waals surface area contributed by atoms with Crippen LogP contribution in [0.15, 0.2) is 0 Å². The number of piperidine rings is 1. The average molecular weight is 228 g/mol. The molecule has 0 aromatic rings. The van der Waals surface area contributed by atoms with Crippen LogP contribution in [0.1, 0.15) is 13.3 Å². The Morgan fingerprint density at radius 2 is 1.88 bits per heavy atom. The van der Waals surface area contributed by atoms with Crippen molar-refractivity contribution in [1.29, 1.82) is 0 Å². The molecule has 1 aliphatic rings. The van der Waals surface area contributed by atoms with Crippen molar-refractivity contribution in [1.82, 2.24) is 10.2 Å². The van der Waals surface area contributed by atoms with Gasteiger partial charge >= 0.3 is 0 Å². The maximum absolute atomic E-state index is 11.0. The summed E-state index contributed by atoms with van der Waals surface area (Å²) in [5, 5.41) is 3.27. The van der Waals surface area contributed by atoms with E-state index in [2.05, 4.69) is 12.2 Å². The molecule has 1 heterocycles. The lowest BCUT2D eigenvalue weighted by Gasteiger charge is -2.37. The highest BCUT2D eigenvalue weighted by atomic mass is 16.2. The van der Waals surface area contributed by atoms with Gasteiger partial charge in [0.05, 0.1) is 13.1 Å². The lowest BCUT2D eigenvalue weighted by Crippen LogP contribution is -2.53. The molecule has 2 unspecified atom stereocenters. The van der Waals surface area contributed by atoms with Crippen molar-refractivity contribution in [3.63, 3.8) is 0 Å². The molecule has 2 atom stereocenters. The van der Waals surface area contributed by atoms with Gasteiger partial charge in [0.15, 0.2) is 0 Å². The number of carbonyl (C=O) groups excluding carboxylic acids is 2. The molecule has 6 nitrogen and oxygen atoms in total. The van der Waals surface area contributed by atoms with E-state index in [1.807, 2.05) is 0 Å². The van der Waals surface area contributed by atoms with Gasteiger partial charge in [0.25, 0.3) is 0 Å². The fourth-order valence-corrected chi connectivity index (χ4v) is 2.23. The first kappa shape index (κ1) is 12.9. The van der Waals surface area contributed by atoms with Crippen molar-refractivity contribution < 1.29 is 9.59 Å². The second-order valence-corrected chi connectivity index (χ2v) is 4.38. The van der Waals surface area contributed by atoms with Crippen LogP contribution in [-0.2, 0) is 9.59 Å². The Morgan fingerprint density at radius 3 is 2.31 bits per heavy atom. The van der Waals surface area contributed by atoms with Gasteiger partial charge in [-0.3, -0.25) is 14.5 Å². The summed E-state index contributed by atoms with van der Waals surface area (Å²) >= 11 is 0. The van der Waals surface area contributed by atoms with E-state index in [0.29, 0.717) is 5.92 Å². The Labute approximate surface area is 95.3 Å². The molecule has 92 valence electrons. The van der Waals surface area contributed by atoms with Gasteiger partial charge in [-0.1, -0.05) is 6.92 Å². The number of primary amides is 2. The summed E-state index contributed by atoms with van der Waals surface area (Å²) in [6, 6.07) is 0.196. The van der Waals surface area contributed by atoms with Gasteiger partial charge in [0.2, 0.25) is 11.8 Å². The highest BCUT2D eigenvalue weighted by Crippen LogP contribution is 2.17. The summed E-state index contributed by atoms with van der Waals surface area (Å²) < 4.78 is 0. The van der Waals surface area contributed by atoms with Gasteiger partial charge < -0.3 is 16.8 Å². The van der Waals surface area contributed by atoms with E-state index < -0.39 is 11.8 Å². The fourth-order valence-electron chi connectivity index (χ4n) is 2.23. The second kappa shape index (κ2) is 5.81. The first-order chi connectivity index (χ1) is 7.50. The van der Waals surface area contributed by atoms with Crippen LogP contribution in [0.2, 0.25) is 0 Å². The minimum absolute atomic E-state index is 0.0952. The van der Waals surface area contributed by atoms with Crippen LogP contribution in [0.25, 0.3) is 0 Å². The third kappa shape index (κ3) is 3.79. The van der Waals surface area contributed by atoms with Gasteiger partial charge in [-0.25, -0.2) is 0 Å². The van der Waals surface area contributed by atoms with Crippen LogP contribution in [0.3, 0.4) is 0 Å². The van der Waals surface area contributed by atoms with E-state index in [9.17, 15) is 9.59 Å². The molecule has 0 aliphatic carbocycles. The molecule has 0 spiro atoms. The van der Waals surface area contributed by atoms with Crippen LogP contribution in [0, 0.1) is 5.92 Å². The molecule has 0 saturated carbocycles. The lowest BCUT2D eigenvalue weighted by atomic mass is 9.93. The largest absolute Gasteiger partial charge is 0.369 e. The minimum atomic E-state index is -0.424. The standard InChI is InChI=1S/C10H20N4O2/c1-7-4-13-3-2-8(7)14(5-9(11)15)6-10(12)16/h7-8,13H,2-6H2,1H3,(H2,11,15)(H2,12,16). The zero-order chi connectivity index (χ0) is 12.1. The zero-order valence-electron chi connectivity index (χ0n) is 9.61. The minimum Gasteiger partial charge on any atom is -0.369 e. The summed E-state index contributed by atoms with van der Waals surface area (Å²) in [5.41, 5.74) is 10.3. The molecule has 0 aromatic heterocycles. The van der Waals surface area contributed by atoms with E-state index in [1.165, 1.54) is 0 Å². The van der Waals surface area contributed by atoms with Gasteiger partial charge in [0.1, 0.15) is 0 Å². The van der Waals surface area contributed by atoms with Crippen molar-refractivity contribution >= 4 is 11.8 Å². The SMILES string of the molecule is CC1CNCCC1N(CC(N)=O)CC(N)=O. The van der Waals surface area contributed by atoms with Crippen molar-refractivity contribution in [2.45, 2.75) is 19.4 Å². The number of nitrogens with one attached hydrogen (secondary N) is 1. The quantitative estimate of drug-likeness (QED) is 0.519. The van der Waals surface area contributed by atoms with Gasteiger partial charge in [-0.15, -0.1) is 0 Å². The summed E-state index contributed by atoms with van der Waals surface area (Å²) in [5.74, 6) is -0.466. The Bertz CT molecular complexity index is 254. The molecular formula is C10H20N4O2. The molecule has 5 N–H and O–H groups in total. The zero-order valence-corrected chi connectivity index (χ0v) is 9.61. The third-order valence-electron chi connectivity index (χ3n) is 2.93. The van der Waals surface area contributed by atoms with Gasteiger partial charge in [-0.05, 0) is 25.4 Å². The van der Waals surface area contributed by atoms with E-state index in [-0.39, 0.29) is 19.1 Å². The fraction of sp³-hybridized carbons (Fsp3) is 0.800. The molecule has 0 aromatic carbocycles. The molecule has 2 amide bonds. The van der Waals surface area contributed by atoms with E-state index in [0.717, 1.165) is 19.5 Å². The topological polar surface area (TPSA) is 101 Å². The summed E-state index contributed by atoms with van der Waals surface area (Å²) in [7, 11) is 0. The molecule has 1 aliphatic heterocycles. The first-order valence-electron chi connectivity index (χ1n) is 5.52. The lowest BCUT2D eigenvalue weighted by molar-refractivity contribution is -0.123. The predicted molar refractivity (Wildman–Crippen MR) is 60.4 cm³/mol. The third-order valence-corrected chi connectivity index (χ3v) is 2.93. The predicted octanol–water partition coefficient (Wildman–Crippen LogP) is -1.74. The van der Waals surface area contributed by atoms with Crippen LogP contribution in [0.5, 0.6) is 0 Å². The van der Waals surface area contributed by atoms with E-state index in [4.69, 9.17) is 11.5 Å². The number of hydrogen-bond donors (Lipinski definition) is 3. The van der Waals surface area contributed by atoms with Crippen molar-refractivity contribution in [2.75, 3.05) is 26.2 Å². The molecule has 0 bridgehead atoms. The Balaban J connectivity index is 2.65. The molecule has 1 rings (SSSR count). The second-order valence-electron chi connectivity index (χ2n) is 4.38. The van der Waals surface area contributed by atoms with Gasteiger partial charge in [-0.2, -0.15) is 0 Å². The molecule has 16 heavy (non-hydrogen) atoms. The molecule has 1 fully saturated rings. The molecule has 1 saturated heterocycles. The van der Waals surface area contributed by atoms with Crippen LogP contribution in [-0.4, -0.2) is 48.9 Å². The Kier molecular flexibility index (Phi) is 4.70. The number of nitrogens with zero attached hydrogens (tertiary/aromatic N) is 1. The molecule has 0 radical (unpaired) electrons. The maximum Gasteiger partial charge on any atom is 0.231 e. The van der Waals surface area contributed by atoms with Crippen molar-refractivity contribution in [2.24, 2.45) is 17.4 Å². The normalized spacial score (nSPS) is 25.6. The van der Waals surface area contributed by atoms with E-state index in [1.54, 1.807) is 4.90 Å². The monoisotopic (exact) mass is 228 g/mol. The highest BCUT2D eigenvalue weighted by Gasteiger charge is 2.28. The number of rotatable bonds is 5. The first-order valence-corrected chi connectivity index (χ1v) is 5.52. The molecule has 6 heteroatoms. The average Bonchev–Trinajstić information content (AvgIpc) is 2.15. The maximum atomic E-state index is 11.0. The number of carbonyl (C=O) groups is 2.